The zero-order valence-electron chi connectivity index (χ0n) is 20.6. The van der Waals surface area contributed by atoms with Crippen molar-refractivity contribution < 1.29 is 23.8 Å². The van der Waals surface area contributed by atoms with E-state index < -0.39 is 17.7 Å². The van der Waals surface area contributed by atoms with Gasteiger partial charge in [-0.05, 0) is 41.8 Å². The molecule has 3 fully saturated rings. The third-order valence-corrected chi connectivity index (χ3v) is 7.71. The molecule has 0 bridgehead atoms. The van der Waals surface area contributed by atoms with Crippen LogP contribution in [0.15, 0.2) is 42.5 Å². The molecular formula is C28H30N4O5. The summed E-state index contributed by atoms with van der Waals surface area (Å²) in [7, 11) is 0. The van der Waals surface area contributed by atoms with Crippen LogP contribution in [0.3, 0.4) is 0 Å². The normalized spacial score (nSPS) is 23.6. The van der Waals surface area contributed by atoms with E-state index >= 15 is 0 Å². The second kappa shape index (κ2) is 9.88. The minimum absolute atomic E-state index is 0.254. The maximum atomic E-state index is 12.6. The van der Waals surface area contributed by atoms with Gasteiger partial charge < -0.3 is 24.8 Å². The molecule has 2 aromatic carbocycles. The number of carbonyl (C=O) groups is 2. The summed E-state index contributed by atoms with van der Waals surface area (Å²) in [5.74, 6) is -0.517. The molecule has 0 aliphatic carbocycles. The summed E-state index contributed by atoms with van der Waals surface area (Å²) >= 11 is 0. The second-order valence-corrected chi connectivity index (χ2v) is 10.2. The third kappa shape index (κ3) is 4.62. The number of fused-ring (bicyclic) bond motifs is 2. The molecule has 9 nitrogen and oxygen atoms in total. The summed E-state index contributed by atoms with van der Waals surface area (Å²) in [6.45, 7) is 4.68. The molecule has 9 heteroatoms. The summed E-state index contributed by atoms with van der Waals surface area (Å²) in [5, 5.41) is 15.6. The minimum Gasteiger partial charge on any atom is -0.448 e. The Morgan fingerprint density at radius 2 is 1.97 bits per heavy atom. The molecule has 0 unspecified atom stereocenters. The number of nitriles is 1. The molecular weight excluding hydrogens is 472 g/mol. The van der Waals surface area contributed by atoms with E-state index in [1.807, 2.05) is 36.4 Å². The van der Waals surface area contributed by atoms with Crippen molar-refractivity contribution in [1.29, 1.82) is 5.26 Å². The van der Waals surface area contributed by atoms with Gasteiger partial charge in [-0.1, -0.05) is 30.3 Å². The largest absolute Gasteiger partial charge is 0.448 e. The maximum Gasteiger partial charge on any atom is 0.339 e. The second-order valence-electron chi connectivity index (χ2n) is 10.2. The molecule has 37 heavy (non-hydrogen) atoms. The van der Waals surface area contributed by atoms with Crippen molar-refractivity contribution in [3.63, 3.8) is 0 Å². The summed E-state index contributed by atoms with van der Waals surface area (Å²) in [5.41, 5.74) is 4.01. The predicted octanol–water partition coefficient (Wildman–Crippen LogP) is 1.36. The van der Waals surface area contributed by atoms with Crippen LogP contribution in [0.5, 0.6) is 0 Å². The highest BCUT2D eigenvalue weighted by Crippen LogP contribution is 2.46. The summed E-state index contributed by atoms with van der Waals surface area (Å²) in [4.78, 5) is 27.4. The van der Waals surface area contributed by atoms with Crippen LogP contribution in [-0.4, -0.2) is 81.0 Å². The standard InChI is InChI=1S/C28H30N4O5/c29-12-21(31-26(33)25-13-30-8-1-9-36-25)10-18-2-4-19(5-3-18)20-6-7-23-24(11-20)28(37-27(23)34)16-32(17-28)22-14-35-15-22/h2-7,11,21-22,25,30H,1,8-10,13-17H2,(H,31,33)/t21-,25-/m0/s1. The van der Waals surface area contributed by atoms with Crippen molar-refractivity contribution in [2.75, 3.05) is 46.0 Å². The molecule has 4 heterocycles. The number of carbonyl (C=O) groups excluding carboxylic acids is 2. The third-order valence-electron chi connectivity index (χ3n) is 7.71. The lowest BCUT2D eigenvalue weighted by Crippen LogP contribution is -2.66. The highest BCUT2D eigenvalue weighted by Gasteiger charge is 2.56. The van der Waals surface area contributed by atoms with Crippen LogP contribution >= 0.6 is 0 Å². The molecule has 1 amide bonds. The lowest BCUT2D eigenvalue weighted by Gasteiger charge is -2.52. The van der Waals surface area contributed by atoms with Gasteiger partial charge in [0.1, 0.15) is 12.1 Å². The monoisotopic (exact) mass is 502 g/mol. The molecule has 6 rings (SSSR count). The lowest BCUT2D eigenvalue weighted by atomic mass is 9.82. The number of esters is 1. The molecule has 2 aromatic rings. The smallest absolute Gasteiger partial charge is 0.339 e. The molecule has 2 atom stereocenters. The Morgan fingerprint density at radius 3 is 2.70 bits per heavy atom. The number of hydrogen-bond acceptors (Lipinski definition) is 8. The van der Waals surface area contributed by atoms with Gasteiger partial charge in [0.2, 0.25) is 0 Å². The van der Waals surface area contributed by atoms with Crippen LogP contribution in [0, 0.1) is 11.3 Å². The Labute approximate surface area is 215 Å². The first-order chi connectivity index (χ1) is 18.0. The van der Waals surface area contributed by atoms with E-state index in [2.05, 4.69) is 27.7 Å². The number of nitrogens with zero attached hydrogens (tertiary/aromatic N) is 2. The zero-order valence-corrected chi connectivity index (χ0v) is 20.6. The topological polar surface area (TPSA) is 113 Å². The summed E-state index contributed by atoms with van der Waals surface area (Å²) in [6, 6.07) is 15.8. The molecule has 0 radical (unpaired) electrons. The van der Waals surface area contributed by atoms with Gasteiger partial charge in [0.05, 0.1) is 30.9 Å². The number of nitrogens with one attached hydrogen (secondary N) is 2. The van der Waals surface area contributed by atoms with Crippen LogP contribution in [-0.2, 0) is 31.0 Å². The van der Waals surface area contributed by atoms with E-state index in [-0.39, 0.29) is 11.9 Å². The summed E-state index contributed by atoms with van der Waals surface area (Å²) in [6.07, 6.45) is 0.684. The molecule has 1 spiro atoms. The molecule has 2 N–H and O–H groups in total. The van der Waals surface area contributed by atoms with Gasteiger partial charge in [-0.25, -0.2) is 4.79 Å². The van der Waals surface area contributed by atoms with Crippen molar-refractivity contribution in [1.82, 2.24) is 15.5 Å². The van der Waals surface area contributed by atoms with Gasteiger partial charge in [-0.3, -0.25) is 9.69 Å². The Morgan fingerprint density at radius 1 is 1.19 bits per heavy atom. The summed E-state index contributed by atoms with van der Waals surface area (Å²) < 4.78 is 16.8. The Kier molecular flexibility index (Phi) is 6.42. The van der Waals surface area contributed by atoms with Gasteiger partial charge in [0.25, 0.3) is 5.91 Å². The van der Waals surface area contributed by atoms with Crippen LogP contribution < -0.4 is 10.6 Å². The van der Waals surface area contributed by atoms with E-state index in [1.165, 1.54) is 0 Å². The fourth-order valence-electron chi connectivity index (χ4n) is 5.45. The number of benzene rings is 2. The van der Waals surface area contributed by atoms with Crippen molar-refractivity contribution in [3.05, 3.63) is 59.2 Å². The number of rotatable bonds is 6. The Hall–Kier alpha value is -3.29. The first-order valence-electron chi connectivity index (χ1n) is 12.9. The Balaban J connectivity index is 1.12. The minimum atomic E-state index is -0.643. The molecule has 4 aliphatic rings. The number of likely N-dealkylation sites (tertiary alicyclic amines) is 1. The van der Waals surface area contributed by atoms with Gasteiger partial charge in [0.15, 0.2) is 5.60 Å². The molecule has 0 saturated carbocycles. The number of hydrogen-bond donors (Lipinski definition) is 2. The van der Waals surface area contributed by atoms with E-state index in [0.29, 0.717) is 44.3 Å². The zero-order chi connectivity index (χ0) is 25.4. The molecule has 192 valence electrons. The van der Waals surface area contributed by atoms with Gasteiger partial charge in [-0.15, -0.1) is 0 Å². The predicted molar refractivity (Wildman–Crippen MR) is 134 cm³/mol. The lowest BCUT2D eigenvalue weighted by molar-refractivity contribution is -0.168. The van der Waals surface area contributed by atoms with E-state index in [1.54, 1.807) is 0 Å². The molecule has 4 aliphatic heterocycles. The van der Waals surface area contributed by atoms with E-state index in [4.69, 9.17) is 14.2 Å². The van der Waals surface area contributed by atoms with E-state index in [0.717, 1.165) is 48.4 Å². The average molecular weight is 503 g/mol. The van der Waals surface area contributed by atoms with Crippen molar-refractivity contribution in [2.45, 2.75) is 36.6 Å². The fraction of sp³-hybridized carbons (Fsp3) is 0.464. The number of ether oxygens (including phenoxy) is 3. The Bertz CT molecular complexity index is 1220. The molecule has 0 aromatic heterocycles. The highest BCUT2D eigenvalue weighted by atomic mass is 16.6. The highest BCUT2D eigenvalue weighted by molar-refractivity contribution is 5.96. The fourth-order valence-corrected chi connectivity index (χ4v) is 5.45. The van der Waals surface area contributed by atoms with E-state index in [9.17, 15) is 14.9 Å². The first kappa shape index (κ1) is 24.1. The quantitative estimate of drug-likeness (QED) is 0.570. The van der Waals surface area contributed by atoms with Crippen molar-refractivity contribution in [3.8, 4) is 17.2 Å². The SMILES string of the molecule is N#C[C@H](Cc1ccc(-c2ccc3c(c2)C2(CN(C4COC4)C2)OC3=O)cc1)NC(=O)[C@@H]1CNCCCO1. The van der Waals surface area contributed by atoms with Gasteiger partial charge in [-0.2, -0.15) is 5.26 Å². The maximum absolute atomic E-state index is 12.6. The van der Waals surface area contributed by atoms with Crippen molar-refractivity contribution >= 4 is 11.9 Å². The van der Waals surface area contributed by atoms with Crippen LogP contribution in [0.1, 0.15) is 27.9 Å². The van der Waals surface area contributed by atoms with Crippen LogP contribution in [0.2, 0.25) is 0 Å². The van der Waals surface area contributed by atoms with Gasteiger partial charge >= 0.3 is 5.97 Å². The van der Waals surface area contributed by atoms with Crippen molar-refractivity contribution in [2.24, 2.45) is 0 Å². The number of amides is 1. The average Bonchev–Trinajstić information content (AvgIpc) is 3.01. The van der Waals surface area contributed by atoms with Crippen LogP contribution in [0.25, 0.3) is 11.1 Å². The first-order valence-corrected chi connectivity index (χ1v) is 12.9. The molecule has 3 saturated heterocycles. The van der Waals surface area contributed by atoms with Gasteiger partial charge in [0, 0.05) is 38.2 Å². The van der Waals surface area contributed by atoms with Crippen LogP contribution in [0.4, 0.5) is 0 Å².